The van der Waals surface area contributed by atoms with Crippen LogP contribution in [0.3, 0.4) is 0 Å². The van der Waals surface area contributed by atoms with Gasteiger partial charge in [-0.15, -0.1) is 6.58 Å². The fourth-order valence-corrected chi connectivity index (χ4v) is 4.73. The number of Topliss-reactive ketones (excluding diaryl/α,β-unsaturated/α-hetero) is 1. The third-order valence-corrected chi connectivity index (χ3v) is 7.43. The number of ether oxygens (including phenoxy) is 2. The maximum atomic E-state index is 13.0. The highest BCUT2D eigenvalue weighted by Gasteiger charge is 2.34. The third kappa shape index (κ3) is 13.8. The second-order valence-corrected chi connectivity index (χ2v) is 13.0. The van der Waals surface area contributed by atoms with Gasteiger partial charge in [0.15, 0.2) is 11.9 Å². The molecule has 0 saturated heterocycles. The largest absolute Gasteiger partial charge is 0.460 e. The molecule has 41 heavy (non-hydrogen) atoms. The van der Waals surface area contributed by atoms with Crippen LogP contribution < -0.4 is 0 Å². The first kappa shape index (κ1) is 36.5. The number of nitro groups is 1. The second kappa shape index (κ2) is 19.5. The number of carbonyl (C=O) groups is 3. The Morgan fingerprint density at radius 1 is 0.976 bits per heavy atom. The van der Waals surface area contributed by atoms with Crippen molar-refractivity contribution in [3.05, 3.63) is 52.1 Å². The van der Waals surface area contributed by atoms with E-state index in [-0.39, 0.29) is 29.2 Å². The van der Waals surface area contributed by atoms with Gasteiger partial charge in [0, 0.05) is 6.07 Å². The summed E-state index contributed by atoms with van der Waals surface area (Å²) in [5, 5.41) is 11.8. The first-order valence-electron chi connectivity index (χ1n) is 15.0. The summed E-state index contributed by atoms with van der Waals surface area (Å²) in [6, 6.07) is 3.88. The number of hydrogen-bond acceptors (Lipinski definition) is 7. The number of alkyl halides is 1. The Hall–Kier alpha value is -2.55. The lowest BCUT2D eigenvalue weighted by atomic mass is 9.98. The minimum absolute atomic E-state index is 0.0454. The average molecular weight is 639 g/mol. The van der Waals surface area contributed by atoms with Crippen molar-refractivity contribution in [1.82, 2.24) is 0 Å². The minimum atomic E-state index is -0.972. The van der Waals surface area contributed by atoms with Crippen LogP contribution in [0.1, 0.15) is 127 Å². The van der Waals surface area contributed by atoms with E-state index in [2.05, 4.69) is 36.4 Å². The zero-order valence-corrected chi connectivity index (χ0v) is 26.8. The number of unbranched alkanes of at least 4 members (excludes halogenated alkanes) is 9. The summed E-state index contributed by atoms with van der Waals surface area (Å²) in [6.07, 6.45) is 13.0. The van der Waals surface area contributed by atoms with E-state index in [1.807, 2.05) is 0 Å². The van der Waals surface area contributed by atoms with Gasteiger partial charge in [0.25, 0.3) is 5.69 Å². The van der Waals surface area contributed by atoms with Crippen LogP contribution in [-0.2, 0) is 25.7 Å². The maximum absolute atomic E-state index is 13.0. The molecule has 0 N–H and O–H groups in total. The molecule has 2 unspecified atom stereocenters. The minimum Gasteiger partial charge on any atom is -0.460 e. The molecule has 1 aromatic rings. The molecular formula is C32H48BrNO7. The van der Waals surface area contributed by atoms with Gasteiger partial charge in [0.05, 0.1) is 26.3 Å². The summed E-state index contributed by atoms with van der Waals surface area (Å²) in [4.78, 5) is 49.7. The maximum Gasteiger partial charge on any atom is 0.339 e. The molecule has 0 heterocycles. The molecule has 9 heteroatoms. The van der Waals surface area contributed by atoms with Gasteiger partial charge < -0.3 is 9.47 Å². The highest BCUT2D eigenvalue weighted by atomic mass is 79.9. The monoisotopic (exact) mass is 637 g/mol. The number of nitro benzene ring substituents is 1. The smallest absolute Gasteiger partial charge is 0.339 e. The number of carbonyl (C=O) groups excluding carboxylic acids is 3. The number of hydrogen-bond donors (Lipinski definition) is 0. The van der Waals surface area contributed by atoms with Crippen LogP contribution in [0.2, 0.25) is 0 Å². The molecule has 0 radical (unpaired) electrons. The molecule has 230 valence electrons. The first-order chi connectivity index (χ1) is 19.5. The molecule has 0 aliphatic heterocycles. The van der Waals surface area contributed by atoms with E-state index in [0.717, 1.165) is 76.7 Å². The van der Waals surface area contributed by atoms with Crippen LogP contribution >= 0.6 is 15.9 Å². The predicted octanol–water partition coefficient (Wildman–Crippen LogP) is 8.82. The van der Waals surface area contributed by atoms with Crippen LogP contribution in [-0.4, -0.2) is 33.1 Å². The SMILES string of the molecule is C=CC(CCCCCCC)C(=O)OCc1ccc(C(=O)OC(CCCCCCCC)C(=O)C(C)(C)Br)cc1[N+](=O)[O-]. The summed E-state index contributed by atoms with van der Waals surface area (Å²) in [6.45, 7) is 11.1. The Labute approximate surface area is 253 Å². The number of benzene rings is 1. The van der Waals surface area contributed by atoms with Gasteiger partial charge in [0.1, 0.15) is 6.61 Å². The van der Waals surface area contributed by atoms with Crippen LogP contribution in [0.5, 0.6) is 0 Å². The normalized spacial score (nSPS) is 12.8. The van der Waals surface area contributed by atoms with Gasteiger partial charge in [-0.2, -0.15) is 0 Å². The Balaban J connectivity index is 2.90. The van der Waals surface area contributed by atoms with Crippen molar-refractivity contribution >= 4 is 39.3 Å². The van der Waals surface area contributed by atoms with Crippen molar-refractivity contribution in [1.29, 1.82) is 0 Å². The van der Waals surface area contributed by atoms with Crippen LogP contribution in [0.4, 0.5) is 5.69 Å². The quantitative estimate of drug-likeness (QED) is 0.0311. The lowest BCUT2D eigenvalue weighted by Crippen LogP contribution is -2.38. The number of esters is 2. The van der Waals surface area contributed by atoms with E-state index < -0.39 is 33.2 Å². The van der Waals surface area contributed by atoms with Gasteiger partial charge in [-0.3, -0.25) is 19.7 Å². The molecule has 0 fully saturated rings. The molecule has 0 spiro atoms. The Bertz CT molecular complexity index is 1000. The fraction of sp³-hybridized carbons (Fsp3) is 0.656. The summed E-state index contributed by atoms with van der Waals surface area (Å²) in [7, 11) is 0. The van der Waals surface area contributed by atoms with Crippen molar-refractivity contribution in [3.8, 4) is 0 Å². The summed E-state index contributed by atoms with van der Waals surface area (Å²) < 4.78 is 10.1. The van der Waals surface area contributed by atoms with Gasteiger partial charge in [-0.1, -0.05) is 100 Å². The molecule has 0 amide bonds. The zero-order chi connectivity index (χ0) is 30.8. The third-order valence-electron chi connectivity index (χ3n) is 7.04. The Kier molecular flexibility index (Phi) is 17.4. The van der Waals surface area contributed by atoms with E-state index in [1.54, 1.807) is 19.9 Å². The van der Waals surface area contributed by atoms with E-state index in [9.17, 15) is 24.5 Å². The van der Waals surface area contributed by atoms with E-state index in [4.69, 9.17) is 9.47 Å². The van der Waals surface area contributed by atoms with Crippen molar-refractivity contribution < 1.29 is 28.8 Å². The number of ketones is 1. The number of halogens is 1. The van der Waals surface area contributed by atoms with Crippen LogP contribution in [0.15, 0.2) is 30.9 Å². The number of nitrogens with zero attached hydrogens (tertiary/aromatic N) is 1. The van der Waals surface area contributed by atoms with E-state index >= 15 is 0 Å². The van der Waals surface area contributed by atoms with Crippen molar-refractivity contribution in [2.24, 2.45) is 5.92 Å². The average Bonchev–Trinajstić information content (AvgIpc) is 2.93. The van der Waals surface area contributed by atoms with Crippen molar-refractivity contribution in [2.75, 3.05) is 0 Å². The Morgan fingerprint density at radius 2 is 1.54 bits per heavy atom. The van der Waals surface area contributed by atoms with E-state index in [0.29, 0.717) is 12.8 Å². The lowest BCUT2D eigenvalue weighted by molar-refractivity contribution is -0.385. The Morgan fingerprint density at radius 3 is 2.07 bits per heavy atom. The van der Waals surface area contributed by atoms with Crippen LogP contribution in [0.25, 0.3) is 0 Å². The predicted molar refractivity (Wildman–Crippen MR) is 165 cm³/mol. The summed E-state index contributed by atoms with van der Waals surface area (Å²) in [5.74, 6) is -2.04. The van der Waals surface area contributed by atoms with Crippen LogP contribution in [0, 0.1) is 16.0 Å². The molecular weight excluding hydrogens is 590 g/mol. The highest BCUT2D eigenvalue weighted by molar-refractivity contribution is 9.10. The molecule has 8 nitrogen and oxygen atoms in total. The van der Waals surface area contributed by atoms with Gasteiger partial charge in [-0.05, 0) is 45.2 Å². The summed E-state index contributed by atoms with van der Waals surface area (Å²) in [5.41, 5.74) is -0.246. The standard InChI is InChI=1S/C32H48BrNO7/c1-6-9-11-13-15-17-19-28(29(35)32(4,5)33)41-31(37)25-20-21-26(27(22-25)34(38)39)23-40-30(36)24(8-3)18-16-14-12-10-7-2/h8,20-22,24,28H,3,6-7,9-19,23H2,1-2,4-5H3. The van der Waals surface area contributed by atoms with Gasteiger partial charge in [-0.25, -0.2) is 4.79 Å². The fourth-order valence-electron chi connectivity index (χ4n) is 4.47. The first-order valence-corrected chi connectivity index (χ1v) is 15.8. The zero-order valence-electron chi connectivity index (χ0n) is 25.3. The molecule has 0 aromatic heterocycles. The van der Waals surface area contributed by atoms with Crippen molar-refractivity contribution in [3.63, 3.8) is 0 Å². The molecule has 0 saturated carbocycles. The second-order valence-electron chi connectivity index (χ2n) is 11.0. The summed E-state index contributed by atoms with van der Waals surface area (Å²) >= 11 is 3.36. The molecule has 1 rings (SSSR count). The molecule has 0 aliphatic carbocycles. The lowest BCUT2D eigenvalue weighted by Gasteiger charge is -2.23. The van der Waals surface area contributed by atoms with Gasteiger partial charge >= 0.3 is 11.9 Å². The topological polar surface area (TPSA) is 113 Å². The van der Waals surface area contributed by atoms with Crippen molar-refractivity contribution in [2.45, 2.75) is 128 Å². The van der Waals surface area contributed by atoms with Gasteiger partial charge in [0.2, 0.25) is 0 Å². The molecule has 2 atom stereocenters. The highest BCUT2D eigenvalue weighted by Crippen LogP contribution is 2.26. The number of rotatable bonds is 22. The molecule has 0 aliphatic rings. The van der Waals surface area contributed by atoms with E-state index in [1.165, 1.54) is 12.1 Å². The molecule has 1 aromatic carbocycles. The molecule has 0 bridgehead atoms.